The Morgan fingerprint density at radius 2 is 1.95 bits per heavy atom. The molecule has 19 heavy (non-hydrogen) atoms. The lowest BCUT2D eigenvalue weighted by molar-refractivity contribution is -0.155. The number of nitrogens with zero attached hydrogens (tertiary/aromatic N) is 1. The fourth-order valence-electron chi connectivity index (χ4n) is 3.64. The molecule has 106 valence electrons. The van der Waals surface area contributed by atoms with Crippen LogP contribution in [0.4, 0.5) is 0 Å². The molecule has 3 aliphatic rings. The molecule has 4 nitrogen and oxygen atoms in total. The van der Waals surface area contributed by atoms with E-state index >= 15 is 0 Å². The minimum Gasteiger partial charge on any atom is -0.340 e. The van der Waals surface area contributed by atoms with Gasteiger partial charge in [-0.2, -0.15) is 0 Å². The number of hydrogen-bond donors (Lipinski definition) is 1. The zero-order valence-electron chi connectivity index (χ0n) is 11.8. The van der Waals surface area contributed by atoms with Crippen LogP contribution in [0, 0.1) is 5.92 Å². The van der Waals surface area contributed by atoms with Gasteiger partial charge < -0.3 is 10.2 Å². The molecule has 1 saturated heterocycles. The van der Waals surface area contributed by atoms with Crippen LogP contribution in [-0.4, -0.2) is 34.8 Å². The average Bonchev–Trinajstić information content (AvgIpc) is 3.11. The smallest absolute Gasteiger partial charge is 0.249 e. The van der Waals surface area contributed by atoms with E-state index in [2.05, 4.69) is 5.32 Å². The van der Waals surface area contributed by atoms with Gasteiger partial charge in [0.1, 0.15) is 11.6 Å². The van der Waals surface area contributed by atoms with Gasteiger partial charge in [-0.05, 0) is 31.6 Å². The van der Waals surface area contributed by atoms with Crippen LogP contribution >= 0.6 is 0 Å². The van der Waals surface area contributed by atoms with Gasteiger partial charge in [-0.15, -0.1) is 0 Å². The lowest BCUT2D eigenvalue weighted by Gasteiger charge is -2.44. The molecule has 2 saturated carbocycles. The Morgan fingerprint density at radius 1 is 1.26 bits per heavy atom. The second kappa shape index (κ2) is 4.80. The minimum absolute atomic E-state index is 0.0693. The van der Waals surface area contributed by atoms with Crippen molar-refractivity contribution in [2.75, 3.05) is 6.54 Å². The third-order valence-electron chi connectivity index (χ3n) is 5.03. The van der Waals surface area contributed by atoms with Crippen molar-refractivity contribution in [1.82, 2.24) is 10.2 Å². The van der Waals surface area contributed by atoms with E-state index in [0.29, 0.717) is 0 Å². The molecule has 0 aromatic heterocycles. The molecule has 1 aliphatic heterocycles. The summed E-state index contributed by atoms with van der Waals surface area (Å²) in [6.07, 6.45) is 8.16. The van der Waals surface area contributed by atoms with Gasteiger partial charge in [0.25, 0.3) is 0 Å². The van der Waals surface area contributed by atoms with E-state index < -0.39 is 5.54 Å². The predicted molar refractivity (Wildman–Crippen MR) is 72.5 cm³/mol. The van der Waals surface area contributed by atoms with Crippen LogP contribution in [0.3, 0.4) is 0 Å². The van der Waals surface area contributed by atoms with Crippen molar-refractivity contribution < 1.29 is 9.59 Å². The summed E-state index contributed by atoms with van der Waals surface area (Å²) in [5.74, 6) is 1.06. The molecule has 3 rings (SSSR count). The maximum Gasteiger partial charge on any atom is 0.249 e. The van der Waals surface area contributed by atoms with Crippen molar-refractivity contribution in [3.05, 3.63) is 0 Å². The Bertz CT molecular complexity index is 384. The van der Waals surface area contributed by atoms with Crippen LogP contribution in [-0.2, 0) is 9.59 Å². The second-order valence-corrected chi connectivity index (χ2v) is 6.43. The maximum atomic E-state index is 12.8. The van der Waals surface area contributed by atoms with Crippen LogP contribution in [0.15, 0.2) is 0 Å². The van der Waals surface area contributed by atoms with E-state index in [-0.39, 0.29) is 17.9 Å². The lowest BCUT2D eigenvalue weighted by atomic mass is 9.90. The molecule has 1 unspecified atom stereocenters. The molecule has 0 aromatic rings. The highest BCUT2D eigenvalue weighted by molar-refractivity contribution is 6.00. The van der Waals surface area contributed by atoms with Crippen molar-refractivity contribution in [3.63, 3.8) is 0 Å². The van der Waals surface area contributed by atoms with Crippen molar-refractivity contribution in [2.45, 2.75) is 69.9 Å². The Hall–Kier alpha value is -1.06. The quantitative estimate of drug-likeness (QED) is 0.842. The molecule has 1 spiro atoms. The van der Waals surface area contributed by atoms with E-state index in [4.69, 9.17) is 0 Å². The molecular weight excluding hydrogens is 240 g/mol. The molecule has 2 aliphatic carbocycles. The third-order valence-corrected chi connectivity index (χ3v) is 5.03. The Balaban J connectivity index is 1.78. The van der Waals surface area contributed by atoms with Crippen molar-refractivity contribution in [3.8, 4) is 0 Å². The first kappa shape index (κ1) is 12.9. The average molecular weight is 264 g/mol. The lowest BCUT2D eigenvalue weighted by Crippen LogP contribution is -2.69. The number of carbonyl (C=O) groups is 2. The van der Waals surface area contributed by atoms with Gasteiger partial charge in [0.2, 0.25) is 11.8 Å². The monoisotopic (exact) mass is 264 g/mol. The summed E-state index contributed by atoms with van der Waals surface area (Å²) in [6.45, 7) is 2.77. The Kier molecular flexibility index (Phi) is 3.27. The highest BCUT2D eigenvalue weighted by Gasteiger charge is 2.51. The largest absolute Gasteiger partial charge is 0.340 e. The summed E-state index contributed by atoms with van der Waals surface area (Å²) in [4.78, 5) is 27.0. The number of nitrogens with one attached hydrogen (secondary N) is 1. The predicted octanol–water partition coefficient (Wildman–Crippen LogP) is 1.84. The SMILES string of the molecule is CCC1C(=O)NC2(CCCC2)C(=O)N1CCC1CC1. The normalized spacial score (nSPS) is 29.9. The summed E-state index contributed by atoms with van der Waals surface area (Å²) in [6, 6.07) is -0.238. The first-order valence-electron chi connectivity index (χ1n) is 7.79. The molecule has 3 fully saturated rings. The Morgan fingerprint density at radius 3 is 2.53 bits per heavy atom. The van der Waals surface area contributed by atoms with Gasteiger partial charge in [-0.1, -0.05) is 32.6 Å². The fourth-order valence-corrected chi connectivity index (χ4v) is 3.64. The molecule has 4 heteroatoms. The minimum atomic E-state index is -0.549. The van der Waals surface area contributed by atoms with Crippen molar-refractivity contribution >= 4 is 11.8 Å². The van der Waals surface area contributed by atoms with Gasteiger partial charge in [-0.3, -0.25) is 9.59 Å². The zero-order chi connectivity index (χ0) is 13.5. The zero-order valence-corrected chi connectivity index (χ0v) is 11.8. The van der Waals surface area contributed by atoms with Gasteiger partial charge in [0, 0.05) is 6.54 Å². The van der Waals surface area contributed by atoms with E-state index in [1.807, 2.05) is 11.8 Å². The summed E-state index contributed by atoms with van der Waals surface area (Å²) >= 11 is 0. The molecular formula is C15H24N2O2. The molecule has 1 N–H and O–H groups in total. The number of piperazine rings is 1. The number of amides is 2. The molecule has 2 amide bonds. The van der Waals surface area contributed by atoms with E-state index in [0.717, 1.165) is 51.0 Å². The van der Waals surface area contributed by atoms with Gasteiger partial charge >= 0.3 is 0 Å². The van der Waals surface area contributed by atoms with Crippen LogP contribution in [0.1, 0.15) is 58.3 Å². The molecule has 0 bridgehead atoms. The van der Waals surface area contributed by atoms with E-state index in [1.165, 1.54) is 12.8 Å². The second-order valence-electron chi connectivity index (χ2n) is 6.43. The first-order chi connectivity index (χ1) is 9.16. The standard InChI is InChI=1S/C15H24N2O2/c1-2-12-13(18)16-15(8-3-4-9-15)14(19)17(12)10-7-11-5-6-11/h11-12H,2-10H2,1H3,(H,16,18). The first-order valence-corrected chi connectivity index (χ1v) is 7.79. The van der Waals surface area contributed by atoms with E-state index in [9.17, 15) is 9.59 Å². The van der Waals surface area contributed by atoms with Gasteiger partial charge in [0.05, 0.1) is 0 Å². The highest BCUT2D eigenvalue weighted by atomic mass is 16.2. The number of hydrogen-bond acceptors (Lipinski definition) is 2. The molecule has 1 heterocycles. The van der Waals surface area contributed by atoms with E-state index in [1.54, 1.807) is 0 Å². The summed E-state index contributed by atoms with van der Waals surface area (Å²) in [5, 5.41) is 3.05. The van der Waals surface area contributed by atoms with Crippen LogP contribution in [0.25, 0.3) is 0 Å². The van der Waals surface area contributed by atoms with Crippen LogP contribution < -0.4 is 5.32 Å². The molecule has 0 aromatic carbocycles. The highest BCUT2D eigenvalue weighted by Crippen LogP contribution is 2.37. The summed E-state index contributed by atoms with van der Waals surface area (Å²) in [7, 11) is 0. The third kappa shape index (κ3) is 2.26. The topological polar surface area (TPSA) is 49.4 Å². The van der Waals surface area contributed by atoms with Crippen molar-refractivity contribution in [2.24, 2.45) is 5.92 Å². The summed E-state index contributed by atoms with van der Waals surface area (Å²) < 4.78 is 0. The van der Waals surface area contributed by atoms with Crippen LogP contribution in [0.5, 0.6) is 0 Å². The van der Waals surface area contributed by atoms with Gasteiger partial charge in [-0.25, -0.2) is 0 Å². The van der Waals surface area contributed by atoms with Crippen molar-refractivity contribution in [1.29, 1.82) is 0 Å². The number of carbonyl (C=O) groups excluding carboxylic acids is 2. The Labute approximate surface area is 114 Å². The van der Waals surface area contributed by atoms with Gasteiger partial charge in [0.15, 0.2) is 0 Å². The molecule has 1 atom stereocenters. The number of rotatable bonds is 4. The molecule has 0 radical (unpaired) electrons. The maximum absolute atomic E-state index is 12.8. The fraction of sp³-hybridized carbons (Fsp3) is 0.867. The van der Waals surface area contributed by atoms with Crippen LogP contribution in [0.2, 0.25) is 0 Å². The summed E-state index contributed by atoms with van der Waals surface area (Å²) in [5.41, 5.74) is -0.549.